The molecule has 0 aromatic heterocycles. The predicted octanol–water partition coefficient (Wildman–Crippen LogP) is 3.03. The average Bonchev–Trinajstić information content (AvgIpc) is 2.46. The highest BCUT2D eigenvalue weighted by atomic mass is 15.4. The minimum absolute atomic E-state index is 0.656. The Morgan fingerprint density at radius 2 is 1.72 bits per heavy atom. The maximum absolute atomic E-state index is 8.70. The fourth-order valence-corrected chi connectivity index (χ4v) is 1.51. The highest BCUT2D eigenvalue weighted by Crippen LogP contribution is 2.11. The topological polar surface area (TPSA) is 39.4 Å². The van der Waals surface area contributed by atoms with Gasteiger partial charge < -0.3 is 0 Å². The number of para-hydroxylation sites is 1. The number of hydrogen-bond donors (Lipinski definition) is 0. The molecular formula is C15H13N3. The molecule has 0 spiro atoms. The van der Waals surface area contributed by atoms with E-state index in [9.17, 15) is 0 Å². The molecule has 0 unspecified atom stereocenters. The number of rotatable bonds is 3. The van der Waals surface area contributed by atoms with Crippen molar-refractivity contribution in [2.45, 2.75) is 0 Å². The van der Waals surface area contributed by atoms with Gasteiger partial charge in [-0.25, -0.2) is 0 Å². The maximum atomic E-state index is 8.70. The van der Waals surface area contributed by atoms with Crippen LogP contribution >= 0.6 is 0 Å². The summed E-state index contributed by atoms with van der Waals surface area (Å²) in [6.45, 7) is 0. The average molecular weight is 235 g/mol. The maximum Gasteiger partial charge on any atom is 0.0991 e. The van der Waals surface area contributed by atoms with Crippen molar-refractivity contribution in [1.29, 1.82) is 5.26 Å². The molecule has 0 saturated carbocycles. The lowest BCUT2D eigenvalue weighted by Gasteiger charge is -2.11. The van der Waals surface area contributed by atoms with E-state index >= 15 is 0 Å². The third kappa shape index (κ3) is 2.96. The quantitative estimate of drug-likeness (QED) is 0.606. The first-order valence-electron chi connectivity index (χ1n) is 5.62. The van der Waals surface area contributed by atoms with E-state index in [0.717, 1.165) is 11.3 Å². The second kappa shape index (κ2) is 5.65. The number of nitriles is 1. The lowest BCUT2D eigenvalue weighted by Crippen LogP contribution is -2.08. The molecule has 0 aliphatic heterocycles. The van der Waals surface area contributed by atoms with Crippen molar-refractivity contribution in [3.8, 4) is 6.07 Å². The molecular weight excluding hydrogens is 222 g/mol. The highest BCUT2D eigenvalue weighted by molar-refractivity contribution is 5.80. The molecule has 0 aliphatic carbocycles. The van der Waals surface area contributed by atoms with Crippen LogP contribution < -0.4 is 5.01 Å². The molecule has 0 N–H and O–H groups in total. The standard InChI is InChI=1S/C15H13N3/c1-18(15-5-3-2-4-6-15)17-12-14-9-7-13(11-16)8-10-14/h2-10,12H,1H3/b17-12+. The van der Waals surface area contributed by atoms with Crippen LogP contribution in [-0.4, -0.2) is 13.3 Å². The van der Waals surface area contributed by atoms with Crippen LogP contribution in [0.25, 0.3) is 0 Å². The molecule has 3 heteroatoms. The molecule has 88 valence electrons. The van der Waals surface area contributed by atoms with Crippen molar-refractivity contribution < 1.29 is 0 Å². The molecule has 0 heterocycles. The SMILES string of the molecule is CN(/N=C/c1ccc(C#N)cc1)c1ccccc1. The van der Waals surface area contributed by atoms with E-state index in [1.807, 2.05) is 49.5 Å². The summed E-state index contributed by atoms with van der Waals surface area (Å²) in [6, 6.07) is 19.3. The summed E-state index contributed by atoms with van der Waals surface area (Å²) >= 11 is 0. The van der Waals surface area contributed by atoms with Crippen LogP contribution in [0.5, 0.6) is 0 Å². The minimum atomic E-state index is 0.656. The molecule has 0 saturated heterocycles. The fraction of sp³-hybridized carbons (Fsp3) is 0.0667. The Morgan fingerprint density at radius 1 is 1.06 bits per heavy atom. The van der Waals surface area contributed by atoms with E-state index in [1.54, 1.807) is 23.4 Å². The van der Waals surface area contributed by atoms with Crippen LogP contribution in [-0.2, 0) is 0 Å². The van der Waals surface area contributed by atoms with Gasteiger partial charge in [-0.1, -0.05) is 30.3 Å². The summed E-state index contributed by atoms with van der Waals surface area (Å²) in [5.74, 6) is 0. The first kappa shape index (κ1) is 11.9. The minimum Gasteiger partial charge on any atom is -0.269 e. The summed E-state index contributed by atoms with van der Waals surface area (Å²) in [5, 5.41) is 14.9. The number of nitrogens with zero attached hydrogens (tertiary/aromatic N) is 3. The molecule has 2 rings (SSSR count). The van der Waals surface area contributed by atoms with Crippen LogP contribution in [0.4, 0.5) is 5.69 Å². The third-order valence-corrected chi connectivity index (χ3v) is 2.55. The van der Waals surface area contributed by atoms with Gasteiger partial charge in [0.15, 0.2) is 0 Å². The van der Waals surface area contributed by atoms with Gasteiger partial charge in [0, 0.05) is 7.05 Å². The van der Waals surface area contributed by atoms with Gasteiger partial charge >= 0.3 is 0 Å². The largest absolute Gasteiger partial charge is 0.269 e. The van der Waals surface area contributed by atoms with Gasteiger partial charge in [0.05, 0.1) is 23.5 Å². The van der Waals surface area contributed by atoms with Gasteiger partial charge in [-0.2, -0.15) is 10.4 Å². The van der Waals surface area contributed by atoms with E-state index in [2.05, 4.69) is 11.2 Å². The number of anilines is 1. The van der Waals surface area contributed by atoms with Crippen molar-refractivity contribution in [3.63, 3.8) is 0 Å². The zero-order valence-electron chi connectivity index (χ0n) is 10.1. The van der Waals surface area contributed by atoms with E-state index in [4.69, 9.17) is 5.26 Å². The fourth-order valence-electron chi connectivity index (χ4n) is 1.51. The van der Waals surface area contributed by atoms with Crippen LogP contribution in [0.1, 0.15) is 11.1 Å². The molecule has 0 aliphatic rings. The van der Waals surface area contributed by atoms with E-state index in [0.29, 0.717) is 5.56 Å². The number of benzene rings is 2. The van der Waals surface area contributed by atoms with Crippen molar-refractivity contribution in [3.05, 3.63) is 65.7 Å². The Balaban J connectivity index is 2.09. The molecule has 0 radical (unpaired) electrons. The van der Waals surface area contributed by atoms with Gasteiger partial charge in [-0.15, -0.1) is 0 Å². The Bertz CT molecular complexity index is 565. The van der Waals surface area contributed by atoms with Crippen molar-refractivity contribution in [2.24, 2.45) is 5.10 Å². The van der Waals surface area contributed by atoms with Crippen LogP contribution in [0.2, 0.25) is 0 Å². The van der Waals surface area contributed by atoms with Gasteiger partial charge in [0.1, 0.15) is 0 Å². The first-order chi connectivity index (χ1) is 8.79. The summed E-state index contributed by atoms with van der Waals surface area (Å²) in [7, 11) is 1.90. The van der Waals surface area contributed by atoms with E-state index in [-0.39, 0.29) is 0 Å². The number of hydrogen-bond acceptors (Lipinski definition) is 3. The van der Waals surface area contributed by atoms with Crippen molar-refractivity contribution in [1.82, 2.24) is 0 Å². The zero-order valence-corrected chi connectivity index (χ0v) is 10.1. The molecule has 3 nitrogen and oxygen atoms in total. The Hall–Kier alpha value is -2.60. The Morgan fingerprint density at radius 3 is 2.33 bits per heavy atom. The molecule has 0 fully saturated rings. The van der Waals surface area contributed by atoms with Gasteiger partial charge in [0.25, 0.3) is 0 Å². The van der Waals surface area contributed by atoms with Crippen molar-refractivity contribution >= 4 is 11.9 Å². The van der Waals surface area contributed by atoms with Gasteiger partial charge in [-0.3, -0.25) is 5.01 Å². The van der Waals surface area contributed by atoms with Gasteiger partial charge in [-0.05, 0) is 29.8 Å². The van der Waals surface area contributed by atoms with E-state index < -0.39 is 0 Å². The smallest absolute Gasteiger partial charge is 0.0991 e. The molecule has 0 atom stereocenters. The first-order valence-corrected chi connectivity index (χ1v) is 5.62. The molecule has 2 aromatic rings. The normalized spacial score (nSPS) is 10.2. The predicted molar refractivity (Wildman–Crippen MR) is 73.6 cm³/mol. The van der Waals surface area contributed by atoms with Crippen molar-refractivity contribution in [2.75, 3.05) is 12.1 Å². The number of hydrazone groups is 1. The zero-order chi connectivity index (χ0) is 12.8. The van der Waals surface area contributed by atoms with Crippen LogP contribution in [0, 0.1) is 11.3 Å². The second-order valence-corrected chi connectivity index (χ2v) is 3.84. The Labute approximate surface area is 107 Å². The molecule has 0 bridgehead atoms. The van der Waals surface area contributed by atoms with Crippen LogP contribution in [0.3, 0.4) is 0 Å². The third-order valence-electron chi connectivity index (χ3n) is 2.55. The lowest BCUT2D eigenvalue weighted by atomic mass is 10.2. The second-order valence-electron chi connectivity index (χ2n) is 3.84. The molecule has 18 heavy (non-hydrogen) atoms. The van der Waals surface area contributed by atoms with Gasteiger partial charge in [0.2, 0.25) is 0 Å². The monoisotopic (exact) mass is 235 g/mol. The van der Waals surface area contributed by atoms with E-state index in [1.165, 1.54) is 0 Å². The summed E-state index contributed by atoms with van der Waals surface area (Å²) in [6.07, 6.45) is 1.77. The lowest BCUT2D eigenvalue weighted by molar-refractivity contribution is 1.02. The Kier molecular flexibility index (Phi) is 3.72. The molecule has 0 amide bonds. The summed E-state index contributed by atoms with van der Waals surface area (Å²) < 4.78 is 0. The summed E-state index contributed by atoms with van der Waals surface area (Å²) in [5.41, 5.74) is 2.66. The highest BCUT2D eigenvalue weighted by Gasteiger charge is 1.95. The summed E-state index contributed by atoms with van der Waals surface area (Å²) in [4.78, 5) is 0. The molecule has 2 aromatic carbocycles. The van der Waals surface area contributed by atoms with Crippen LogP contribution in [0.15, 0.2) is 59.7 Å².